The van der Waals surface area contributed by atoms with E-state index < -0.39 is 10.0 Å². The van der Waals surface area contributed by atoms with Crippen LogP contribution in [0.1, 0.15) is 26.2 Å². The molecule has 6 heteroatoms. The lowest BCUT2D eigenvalue weighted by molar-refractivity contribution is 0.403. The number of hydrogen-bond acceptors (Lipinski definition) is 4. The Bertz CT molecular complexity index is 495. The van der Waals surface area contributed by atoms with Crippen molar-refractivity contribution in [2.45, 2.75) is 37.1 Å². The molecular formula is C12H19N3O2S. The van der Waals surface area contributed by atoms with Crippen LogP contribution in [0.25, 0.3) is 0 Å². The van der Waals surface area contributed by atoms with Gasteiger partial charge < -0.3 is 5.32 Å². The van der Waals surface area contributed by atoms with Crippen molar-refractivity contribution in [1.82, 2.24) is 9.29 Å². The van der Waals surface area contributed by atoms with Crippen molar-refractivity contribution in [2.75, 3.05) is 18.9 Å². The molecule has 5 nitrogen and oxygen atoms in total. The first-order valence-corrected chi connectivity index (χ1v) is 7.69. The number of sulfonamides is 1. The van der Waals surface area contributed by atoms with Crippen LogP contribution in [-0.4, -0.2) is 37.3 Å². The van der Waals surface area contributed by atoms with Gasteiger partial charge in [-0.15, -0.1) is 0 Å². The molecule has 0 saturated heterocycles. The molecule has 0 atom stereocenters. The fourth-order valence-electron chi connectivity index (χ4n) is 1.90. The maximum absolute atomic E-state index is 12.5. The molecule has 1 saturated carbocycles. The fourth-order valence-corrected chi connectivity index (χ4v) is 3.62. The van der Waals surface area contributed by atoms with Crippen LogP contribution in [0.4, 0.5) is 5.82 Å². The van der Waals surface area contributed by atoms with Crippen LogP contribution >= 0.6 is 0 Å². The molecule has 2 rings (SSSR count). The summed E-state index contributed by atoms with van der Waals surface area (Å²) in [5.74, 6) is 0.669. The smallest absolute Gasteiger partial charge is 0.244 e. The van der Waals surface area contributed by atoms with E-state index in [1.807, 2.05) is 6.92 Å². The third-order valence-electron chi connectivity index (χ3n) is 3.00. The third kappa shape index (κ3) is 2.64. The second-order valence-electron chi connectivity index (χ2n) is 4.48. The van der Waals surface area contributed by atoms with Gasteiger partial charge in [0.25, 0.3) is 0 Å². The van der Waals surface area contributed by atoms with Crippen molar-refractivity contribution in [1.29, 1.82) is 0 Å². The quantitative estimate of drug-likeness (QED) is 0.853. The van der Waals surface area contributed by atoms with Crippen LogP contribution in [0.5, 0.6) is 0 Å². The van der Waals surface area contributed by atoms with Gasteiger partial charge in [-0.1, -0.05) is 6.92 Å². The minimum atomic E-state index is -3.38. The van der Waals surface area contributed by atoms with Crippen LogP contribution in [0.15, 0.2) is 23.2 Å². The minimum Gasteiger partial charge on any atom is -0.373 e. The normalized spacial score (nSPS) is 15.9. The average molecular weight is 269 g/mol. The Hall–Kier alpha value is -1.14. The van der Waals surface area contributed by atoms with Gasteiger partial charge in [-0.2, -0.15) is 4.31 Å². The van der Waals surface area contributed by atoms with E-state index >= 15 is 0 Å². The van der Waals surface area contributed by atoms with Crippen LogP contribution in [0.2, 0.25) is 0 Å². The Labute approximate surface area is 108 Å². The molecule has 1 fully saturated rings. The van der Waals surface area contributed by atoms with Crippen LogP contribution < -0.4 is 5.32 Å². The zero-order valence-corrected chi connectivity index (χ0v) is 11.6. The highest BCUT2D eigenvalue weighted by Gasteiger charge is 2.37. The van der Waals surface area contributed by atoms with Gasteiger partial charge in [0.2, 0.25) is 10.0 Å². The molecule has 0 aromatic carbocycles. The second kappa shape index (κ2) is 5.24. The van der Waals surface area contributed by atoms with Gasteiger partial charge in [0, 0.05) is 25.8 Å². The molecule has 0 bridgehead atoms. The van der Waals surface area contributed by atoms with E-state index in [4.69, 9.17) is 0 Å². The molecule has 1 heterocycles. The largest absolute Gasteiger partial charge is 0.373 e. The summed E-state index contributed by atoms with van der Waals surface area (Å²) in [6, 6.07) is 3.49. The maximum Gasteiger partial charge on any atom is 0.244 e. The van der Waals surface area contributed by atoms with E-state index in [1.165, 1.54) is 6.20 Å². The van der Waals surface area contributed by atoms with Crippen LogP contribution in [-0.2, 0) is 10.0 Å². The van der Waals surface area contributed by atoms with Crippen molar-refractivity contribution in [3.05, 3.63) is 18.3 Å². The van der Waals surface area contributed by atoms with Gasteiger partial charge in [-0.3, -0.25) is 0 Å². The van der Waals surface area contributed by atoms with Crippen LogP contribution in [0, 0.1) is 0 Å². The summed E-state index contributed by atoms with van der Waals surface area (Å²) >= 11 is 0. The molecular weight excluding hydrogens is 250 g/mol. The molecule has 18 heavy (non-hydrogen) atoms. The number of aromatic nitrogens is 1. The first-order valence-electron chi connectivity index (χ1n) is 6.25. The van der Waals surface area contributed by atoms with Gasteiger partial charge in [-0.05, 0) is 31.4 Å². The first-order chi connectivity index (χ1) is 8.59. The van der Waals surface area contributed by atoms with Crippen molar-refractivity contribution in [3.8, 4) is 0 Å². The lowest BCUT2D eigenvalue weighted by Gasteiger charge is -2.21. The third-order valence-corrected chi connectivity index (χ3v) is 4.93. The van der Waals surface area contributed by atoms with Crippen molar-refractivity contribution in [2.24, 2.45) is 0 Å². The van der Waals surface area contributed by atoms with E-state index in [1.54, 1.807) is 23.5 Å². The highest BCUT2D eigenvalue weighted by Crippen LogP contribution is 2.32. The van der Waals surface area contributed by atoms with E-state index in [2.05, 4.69) is 10.3 Å². The molecule has 1 aromatic rings. The number of hydrogen-bond donors (Lipinski definition) is 1. The molecule has 0 radical (unpaired) electrons. The monoisotopic (exact) mass is 269 g/mol. The van der Waals surface area contributed by atoms with Gasteiger partial charge in [0.1, 0.15) is 10.7 Å². The second-order valence-corrected chi connectivity index (χ2v) is 6.37. The number of anilines is 1. The highest BCUT2D eigenvalue weighted by molar-refractivity contribution is 7.89. The lowest BCUT2D eigenvalue weighted by Crippen LogP contribution is -2.33. The minimum absolute atomic E-state index is 0.193. The number of pyridine rings is 1. The Balaban J connectivity index is 2.27. The Kier molecular flexibility index (Phi) is 3.87. The summed E-state index contributed by atoms with van der Waals surface area (Å²) in [6.45, 7) is 2.58. The van der Waals surface area contributed by atoms with Gasteiger partial charge >= 0.3 is 0 Å². The predicted octanol–water partition coefficient (Wildman–Crippen LogP) is 1.69. The van der Waals surface area contributed by atoms with E-state index in [0.29, 0.717) is 12.4 Å². The number of nitrogens with one attached hydrogen (secondary N) is 1. The molecule has 1 aliphatic carbocycles. The number of rotatable bonds is 6. The molecule has 0 unspecified atom stereocenters. The fraction of sp³-hybridized carbons (Fsp3) is 0.583. The van der Waals surface area contributed by atoms with E-state index in [9.17, 15) is 8.42 Å². The molecule has 1 aromatic heterocycles. The molecule has 0 amide bonds. The molecule has 1 N–H and O–H groups in total. The topological polar surface area (TPSA) is 62.3 Å². The van der Waals surface area contributed by atoms with E-state index in [-0.39, 0.29) is 10.9 Å². The standard InChI is InChI=1S/C12H19N3O2S/c1-3-8-15(10-4-5-10)18(16,17)11-6-7-12(13-2)14-9-11/h6-7,9-10H,3-5,8H2,1-2H3,(H,13,14). The highest BCUT2D eigenvalue weighted by atomic mass is 32.2. The Morgan fingerprint density at radius 3 is 2.61 bits per heavy atom. The Morgan fingerprint density at radius 1 is 1.44 bits per heavy atom. The van der Waals surface area contributed by atoms with Gasteiger partial charge in [0.15, 0.2) is 0 Å². The maximum atomic E-state index is 12.5. The first kappa shape index (κ1) is 13.3. The summed E-state index contributed by atoms with van der Waals surface area (Å²) in [7, 11) is -1.63. The average Bonchev–Trinajstić information content (AvgIpc) is 3.20. The predicted molar refractivity (Wildman–Crippen MR) is 71.0 cm³/mol. The zero-order chi connectivity index (χ0) is 13.2. The van der Waals surface area contributed by atoms with E-state index in [0.717, 1.165) is 19.3 Å². The SMILES string of the molecule is CCCN(C1CC1)S(=O)(=O)c1ccc(NC)nc1. The summed E-state index contributed by atoms with van der Waals surface area (Å²) < 4.78 is 26.6. The molecule has 0 aliphatic heterocycles. The van der Waals surface area contributed by atoms with Gasteiger partial charge in [-0.25, -0.2) is 13.4 Å². The summed E-state index contributed by atoms with van der Waals surface area (Å²) in [6.07, 6.45) is 4.20. The Morgan fingerprint density at radius 2 is 2.17 bits per heavy atom. The van der Waals surface area contributed by atoms with Crippen molar-refractivity contribution in [3.63, 3.8) is 0 Å². The van der Waals surface area contributed by atoms with Crippen LogP contribution in [0.3, 0.4) is 0 Å². The zero-order valence-electron chi connectivity index (χ0n) is 10.8. The molecule has 1 aliphatic rings. The summed E-state index contributed by atoms with van der Waals surface area (Å²) in [4.78, 5) is 4.35. The van der Waals surface area contributed by atoms with Gasteiger partial charge in [0.05, 0.1) is 0 Å². The molecule has 0 spiro atoms. The van der Waals surface area contributed by atoms with Crippen molar-refractivity contribution >= 4 is 15.8 Å². The summed E-state index contributed by atoms with van der Waals surface area (Å²) in [5.41, 5.74) is 0. The lowest BCUT2D eigenvalue weighted by atomic mass is 10.5. The molecule has 100 valence electrons. The van der Waals surface area contributed by atoms with Crippen molar-refractivity contribution < 1.29 is 8.42 Å². The number of nitrogens with zero attached hydrogens (tertiary/aromatic N) is 2. The summed E-state index contributed by atoms with van der Waals surface area (Å²) in [5, 5.41) is 2.88.